The van der Waals surface area contributed by atoms with Gasteiger partial charge in [0.15, 0.2) is 17.2 Å². The predicted molar refractivity (Wildman–Crippen MR) is 80.2 cm³/mol. The Morgan fingerprint density at radius 1 is 1.22 bits per heavy atom. The van der Waals surface area contributed by atoms with E-state index in [1.54, 1.807) is 6.07 Å². The van der Waals surface area contributed by atoms with Crippen LogP contribution in [0.2, 0.25) is 5.02 Å². The van der Waals surface area contributed by atoms with E-state index in [4.69, 9.17) is 11.6 Å². The van der Waals surface area contributed by atoms with Crippen molar-refractivity contribution in [2.75, 3.05) is 6.54 Å². The number of hydrogen-bond acceptors (Lipinski definition) is 4. The van der Waals surface area contributed by atoms with Crippen molar-refractivity contribution in [3.63, 3.8) is 0 Å². The smallest absolute Gasteiger partial charge is 0.274 e. The van der Waals surface area contributed by atoms with E-state index in [-0.39, 0.29) is 35.9 Å². The zero-order chi connectivity index (χ0) is 16.7. The van der Waals surface area contributed by atoms with E-state index in [9.17, 15) is 24.2 Å². The highest BCUT2D eigenvalue weighted by atomic mass is 35.5. The Kier molecular flexibility index (Phi) is 3.73. The Bertz CT molecular complexity index is 865. The molecule has 0 unspecified atom stereocenters. The zero-order valence-electron chi connectivity index (χ0n) is 11.8. The summed E-state index contributed by atoms with van der Waals surface area (Å²) in [5, 5.41) is 19.3. The molecule has 6 nitrogen and oxygen atoms in total. The standard InChI is InChI=1S/C15H12ClFN2O4/c16-9-3-1-2-8(12(9)17)7-18-4-5-19-11(21)6-10(20)14(22)13(19)15(18)23/h1-3,6,20,22H,4-5,7H2. The largest absolute Gasteiger partial charge is 0.504 e. The highest BCUT2D eigenvalue weighted by Gasteiger charge is 2.30. The Hall–Kier alpha value is -2.54. The van der Waals surface area contributed by atoms with E-state index >= 15 is 0 Å². The van der Waals surface area contributed by atoms with Crippen molar-refractivity contribution < 1.29 is 19.4 Å². The molecule has 1 aliphatic heterocycles. The molecule has 0 spiro atoms. The van der Waals surface area contributed by atoms with Gasteiger partial charge in [-0.1, -0.05) is 23.7 Å². The molecule has 2 aromatic rings. The lowest BCUT2D eigenvalue weighted by molar-refractivity contribution is 0.0678. The Labute approximate surface area is 135 Å². The van der Waals surface area contributed by atoms with Crippen molar-refractivity contribution in [1.82, 2.24) is 9.47 Å². The van der Waals surface area contributed by atoms with Gasteiger partial charge in [-0.15, -0.1) is 0 Å². The first kappa shape index (κ1) is 15.4. The van der Waals surface area contributed by atoms with Gasteiger partial charge in [0.1, 0.15) is 5.82 Å². The summed E-state index contributed by atoms with van der Waals surface area (Å²) in [6.07, 6.45) is 0. The van der Waals surface area contributed by atoms with Crippen LogP contribution in [0.3, 0.4) is 0 Å². The van der Waals surface area contributed by atoms with Gasteiger partial charge in [0.2, 0.25) is 0 Å². The first-order chi connectivity index (χ1) is 10.9. The summed E-state index contributed by atoms with van der Waals surface area (Å²) in [6, 6.07) is 5.31. The minimum Gasteiger partial charge on any atom is -0.504 e. The van der Waals surface area contributed by atoms with Gasteiger partial charge >= 0.3 is 0 Å². The van der Waals surface area contributed by atoms with E-state index in [0.717, 1.165) is 10.6 Å². The fraction of sp³-hybridized carbons (Fsp3) is 0.200. The summed E-state index contributed by atoms with van der Waals surface area (Å²) in [5.41, 5.74) is -0.665. The summed E-state index contributed by atoms with van der Waals surface area (Å²) in [4.78, 5) is 25.6. The normalized spacial score (nSPS) is 14.0. The summed E-state index contributed by atoms with van der Waals surface area (Å²) in [7, 11) is 0. The molecule has 0 saturated carbocycles. The lowest BCUT2D eigenvalue weighted by Crippen LogP contribution is -2.44. The van der Waals surface area contributed by atoms with Crippen molar-refractivity contribution in [2.24, 2.45) is 0 Å². The van der Waals surface area contributed by atoms with Gasteiger partial charge in [-0.05, 0) is 6.07 Å². The van der Waals surface area contributed by atoms with Crippen LogP contribution in [0.15, 0.2) is 29.1 Å². The number of aromatic hydroxyl groups is 2. The zero-order valence-corrected chi connectivity index (χ0v) is 12.5. The molecule has 8 heteroatoms. The Balaban J connectivity index is 1.99. The number of hydrogen-bond donors (Lipinski definition) is 2. The average molecular weight is 339 g/mol. The maximum Gasteiger partial charge on any atom is 0.274 e. The van der Waals surface area contributed by atoms with E-state index in [2.05, 4.69) is 0 Å². The van der Waals surface area contributed by atoms with Gasteiger partial charge in [0.25, 0.3) is 11.5 Å². The maximum absolute atomic E-state index is 14.0. The summed E-state index contributed by atoms with van der Waals surface area (Å²) < 4.78 is 15.1. The number of fused-ring (bicyclic) bond motifs is 1. The summed E-state index contributed by atoms with van der Waals surface area (Å²) in [6.45, 7) is 0.242. The van der Waals surface area contributed by atoms with Gasteiger partial charge < -0.3 is 15.1 Å². The average Bonchev–Trinajstić information content (AvgIpc) is 2.51. The highest BCUT2D eigenvalue weighted by molar-refractivity contribution is 6.30. The fourth-order valence-electron chi connectivity index (χ4n) is 2.56. The van der Waals surface area contributed by atoms with Crippen LogP contribution < -0.4 is 5.56 Å². The second-order valence-electron chi connectivity index (χ2n) is 5.16. The summed E-state index contributed by atoms with van der Waals surface area (Å²) >= 11 is 5.72. The third-order valence-electron chi connectivity index (χ3n) is 3.74. The molecule has 2 N–H and O–H groups in total. The molecule has 0 radical (unpaired) electrons. The van der Waals surface area contributed by atoms with Gasteiger partial charge in [-0.3, -0.25) is 14.2 Å². The van der Waals surface area contributed by atoms with Crippen LogP contribution in [0, 0.1) is 5.82 Å². The van der Waals surface area contributed by atoms with Crippen molar-refractivity contribution >= 4 is 17.5 Å². The molecule has 1 amide bonds. The van der Waals surface area contributed by atoms with E-state index in [1.165, 1.54) is 17.0 Å². The van der Waals surface area contributed by atoms with Crippen LogP contribution in [0.25, 0.3) is 0 Å². The van der Waals surface area contributed by atoms with E-state index in [0.29, 0.717) is 0 Å². The first-order valence-electron chi connectivity index (χ1n) is 6.78. The van der Waals surface area contributed by atoms with Gasteiger partial charge in [0.05, 0.1) is 5.02 Å². The van der Waals surface area contributed by atoms with Crippen LogP contribution in [-0.4, -0.2) is 32.1 Å². The molecule has 0 fully saturated rings. The molecule has 3 rings (SSSR count). The van der Waals surface area contributed by atoms with Crippen molar-refractivity contribution in [2.45, 2.75) is 13.1 Å². The fourth-order valence-corrected chi connectivity index (χ4v) is 2.75. The number of carbonyl (C=O) groups excluding carboxylic acids is 1. The monoisotopic (exact) mass is 338 g/mol. The van der Waals surface area contributed by atoms with Crippen LogP contribution in [0.4, 0.5) is 4.39 Å². The van der Waals surface area contributed by atoms with Crippen molar-refractivity contribution in [3.05, 3.63) is 56.7 Å². The number of carbonyl (C=O) groups is 1. The SMILES string of the molecule is O=C1c2c(O)c(O)cc(=O)n2CCN1Cc1cccc(Cl)c1F. The molecular weight excluding hydrogens is 327 g/mol. The topological polar surface area (TPSA) is 82.8 Å². The molecule has 1 aromatic heterocycles. The number of rotatable bonds is 2. The van der Waals surface area contributed by atoms with Crippen molar-refractivity contribution in [3.8, 4) is 11.5 Å². The lowest BCUT2D eigenvalue weighted by Gasteiger charge is -2.30. The number of benzene rings is 1. The maximum atomic E-state index is 14.0. The quantitative estimate of drug-likeness (QED) is 0.873. The molecule has 0 aliphatic carbocycles. The van der Waals surface area contributed by atoms with E-state index in [1.807, 2.05) is 0 Å². The minimum absolute atomic E-state index is 0.0518. The number of halogens is 2. The number of amides is 1. The second kappa shape index (κ2) is 5.58. The van der Waals surface area contributed by atoms with Crippen LogP contribution in [0.5, 0.6) is 11.5 Å². The van der Waals surface area contributed by atoms with Crippen molar-refractivity contribution in [1.29, 1.82) is 0 Å². The van der Waals surface area contributed by atoms with Crippen LogP contribution in [-0.2, 0) is 13.1 Å². The highest BCUT2D eigenvalue weighted by Crippen LogP contribution is 2.30. The predicted octanol–water partition coefficient (Wildman–Crippen LogP) is 1.71. The molecule has 23 heavy (non-hydrogen) atoms. The van der Waals surface area contributed by atoms with Gasteiger partial charge in [0, 0.05) is 31.3 Å². The first-order valence-corrected chi connectivity index (χ1v) is 7.16. The number of nitrogens with zero attached hydrogens (tertiary/aromatic N) is 2. The number of pyridine rings is 1. The molecule has 0 saturated heterocycles. The molecule has 1 aliphatic rings. The Morgan fingerprint density at radius 2 is 1.96 bits per heavy atom. The minimum atomic E-state index is -0.666. The Morgan fingerprint density at radius 3 is 2.70 bits per heavy atom. The molecule has 2 heterocycles. The molecule has 0 bridgehead atoms. The molecule has 0 atom stereocenters. The lowest BCUT2D eigenvalue weighted by atomic mass is 10.1. The van der Waals surface area contributed by atoms with Crippen LogP contribution >= 0.6 is 11.6 Å². The van der Waals surface area contributed by atoms with E-state index < -0.39 is 28.8 Å². The summed E-state index contributed by atoms with van der Waals surface area (Å²) in [5.74, 6) is -2.61. The molecule has 1 aromatic carbocycles. The van der Waals surface area contributed by atoms with Gasteiger partial charge in [-0.2, -0.15) is 0 Å². The van der Waals surface area contributed by atoms with Gasteiger partial charge in [-0.25, -0.2) is 4.39 Å². The van der Waals surface area contributed by atoms with Crippen LogP contribution in [0.1, 0.15) is 16.1 Å². The third-order valence-corrected chi connectivity index (χ3v) is 4.03. The second-order valence-corrected chi connectivity index (χ2v) is 5.56. The molecular formula is C15H12ClFN2O4. The third kappa shape index (κ3) is 2.53. The number of aromatic nitrogens is 1. The molecule has 120 valence electrons.